The standard InChI is InChI=1S/C27H27F3N4O3/c1-18-16-24(33-37-18)8-10-25(35)32-23-5-2-19(3-6-23)20-12-14-34(15-13-20)26(36)11-9-22-7-4-21(17-31-22)27(28,29)30/h2-8,10,16-17,20H,9,11-15H2,1H3,(H,32,35)/b10-8+. The number of hydrogen-bond acceptors (Lipinski definition) is 5. The molecule has 1 saturated heterocycles. The Bertz CT molecular complexity index is 1240. The highest BCUT2D eigenvalue weighted by atomic mass is 19.4. The molecule has 194 valence electrons. The molecule has 0 radical (unpaired) electrons. The lowest BCUT2D eigenvalue weighted by Crippen LogP contribution is -2.38. The van der Waals surface area contributed by atoms with Crippen LogP contribution in [0.4, 0.5) is 18.9 Å². The molecule has 0 atom stereocenters. The zero-order valence-electron chi connectivity index (χ0n) is 20.3. The van der Waals surface area contributed by atoms with Gasteiger partial charge in [-0.15, -0.1) is 0 Å². The summed E-state index contributed by atoms with van der Waals surface area (Å²) in [7, 11) is 0. The van der Waals surface area contributed by atoms with Gasteiger partial charge in [-0.3, -0.25) is 14.6 Å². The fourth-order valence-electron chi connectivity index (χ4n) is 4.24. The molecule has 1 aliphatic rings. The molecule has 0 saturated carbocycles. The molecule has 0 unspecified atom stereocenters. The Balaban J connectivity index is 1.21. The number of amides is 2. The van der Waals surface area contributed by atoms with Crippen molar-refractivity contribution in [2.24, 2.45) is 0 Å². The second kappa shape index (κ2) is 11.4. The maximum Gasteiger partial charge on any atom is 0.417 e. The number of pyridine rings is 1. The van der Waals surface area contributed by atoms with Crippen LogP contribution in [0.3, 0.4) is 0 Å². The Morgan fingerprint density at radius 1 is 1.14 bits per heavy atom. The van der Waals surface area contributed by atoms with Gasteiger partial charge in [0.2, 0.25) is 11.8 Å². The van der Waals surface area contributed by atoms with Gasteiger partial charge in [0.25, 0.3) is 0 Å². The van der Waals surface area contributed by atoms with Crippen LogP contribution >= 0.6 is 0 Å². The number of aryl methyl sites for hydroxylation is 2. The van der Waals surface area contributed by atoms with E-state index < -0.39 is 11.7 Å². The lowest BCUT2D eigenvalue weighted by Gasteiger charge is -2.32. The van der Waals surface area contributed by atoms with E-state index in [4.69, 9.17) is 4.52 Å². The third kappa shape index (κ3) is 7.28. The summed E-state index contributed by atoms with van der Waals surface area (Å²) in [4.78, 5) is 30.4. The van der Waals surface area contributed by atoms with Gasteiger partial charge in [-0.2, -0.15) is 13.2 Å². The highest BCUT2D eigenvalue weighted by Gasteiger charge is 2.30. The molecule has 10 heteroatoms. The zero-order valence-corrected chi connectivity index (χ0v) is 20.3. The summed E-state index contributed by atoms with van der Waals surface area (Å²) in [5.74, 6) is 0.681. The van der Waals surface area contributed by atoms with Crippen LogP contribution in [0.5, 0.6) is 0 Å². The summed E-state index contributed by atoms with van der Waals surface area (Å²) in [5, 5.41) is 6.62. The summed E-state index contributed by atoms with van der Waals surface area (Å²) in [6.07, 6.45) is 1.50. The van der Waals surface area contributed by atoms with Gasteiger partial charge in [0.1, 0.15) is 11.5 Å². The van der Waals surface area contributed by atoms with Gasteiger partial charge in [0.15, 0.2) is 0 Å². The fourth-order valence-corrected chi connectivity index (χ4v) is 4.24. The van der Waals surface area contributed by atoms with E-state index in [1.165, 1.54) is 12.1 Å². The molecule has 2 aromatic heterocycles. The van der Waals surface area contributed by atoms with Gasteiger partial charge in [0.05, 0.1) is 5.56 Å². The first-order valence-corrected chi connectivity index (χ1v) is 12.0. The maximum absolute atomic E-state index is 12.7. The molecular formula is C27H27F3N4O3. The number of nitrogens with zero attached hydrogens (tertiary/aromatic N) is 3. The Labute approximate surface area is 212 Å². The lowest BCUT2D eigenvalue weighted by molar-refractivity contribution is -0.138. The number of rotatable bonds is 7. The maximum atomic E-state index is 12.7. The van der Waals surface area contributed by atoms with Crippen LogP contribution in [-0.2, 0) is 22.2 Å². The predicted molar refractivity (Wildman–Crippen MR) is 131 cm³/mol. The van der Waals surface area contributed by atoms with Gasteiger partial charge in [-0.05, 0) is 68.0 Å². The first-order valence-electron chi connectivity index (χ1n) is 12.0. The monoisotopic (exact) mass is 512 g/mol. The van der Waals surface area contributed by atoms with Crippen molar-refractivity contribution in [2.75, 3.05) is 18.4 Å². The summed E-state index contributed by atoms with van der Waals surface area (Å²) >= 11 is 0. The summed E-state index contributed by atoms with van der Waals surface area (Å²) < 4.78 is 42.9. The van der Waals surface area contributed by atoms with Crippen LogP contribution in [0, 0.1) is 6.92 Å². The number of hydrogen-bond donors (Lipinski definition) is 1. The van der Waals surface area contributed by atoms with Gasteiger partial charge in [0, 0.05) is 49.2 Å². The zero-order chi connectivity index (χ0) is 26.4. The Kier molecular flexibility index (Phi) is 8.05. The van der Waals surface area contributed by atoms with E-state index in [0.717, 1.165) is 30.7 Å². The minimum absolute atomic E-state index is 0.0213. The molecule has 3 heterocycles. The van der Waals surface area contributed by atoms with Gasteiger partial charge < -0.3 is 14.7 Å². The molecule has 7 nitrogen and oxygen atoms in total. The number of nitrogens with one attached hydrogen (secondary N) is 1. The first kappa shape index (κ1) is 26.1. The van der Waals surface area contributed by atoms with Crippen molar-refractivity contribution in [3.63, 3.8) is 0 Å². The number of piperidine rings is 1. The Morgan fingerprint density at radius 3 is 2.46 bits per heavy atom. The average molecular weight is 513 g/mol. The van der Waals surface area contributed by atoms with Crippen molar-refractivity contribution in [1.82, 2.24) is 15.0 Å². The second-order valence-corrected chi connectivity index (χ2v) is 9.00. The van der Waals surface area contributed by atoms with Gasteiger partial charge >= 0.3 is 6.18 Å². The number of halogens is 3. The number of aromatic nitrogens is 2. The molecule has 0 aliphatic carbocycles. The average Bonchev–Trinajstić information content (AvgIpc) is 3.31. The van der Waals surface area contributed by atoms with Gasteiger partial charge in [-0.25, -0.2) is 0 Å². The summed E-state index contributed by atoms with van der Waals surface area (Å²) in [5.41, 5.74) is 2.07. The van der Waals surface area contributed by atoms with E-state index in [2.05, 4.69) is 15.5 Å². The van der Waals surface area contributed by atoms with Crippen molar-refractivity contribution in [3.8, 4) is 0 Å². The molecule has 37 heavy (non-hydrogen) atoms. The molecular weight excluding hydrogens is 485 g/mol. The number of anilines is 1. The predicted octanol–water partition coefficient (Wildman–Crippen LogP) is 5.39. The third-order valence-corrected chi connectivity index (χ3v) is 6.30. The van der Waals surface area contributed by atoms with Gasteiger partial charge in [-0.1, -0.05) is 17.3 Å². The highest BCUT2D eigenvalue weighted by molar-refractivity contribution is 6.01. The Hall–Kier alpha value is -3.95. The topological polar surface area (TPSA) is 88.3 Å². The molecule has 2 amide bonds. The van der Waals surface area contributed by atoms with E-state index in [0.29, 0.717) is 48.3 Å². The molecule has 0 spiro atoms. The molecule has 1 aromatic carbocycles. The molecule has 1 N–H and O–H groups in total. The first-order chi connectivity index (χ1) is 17.7. The number of carbonyl (C=O) groups is 2. The fraction of sp³-hybridized carbons (Fsp3) is 0.333. The van der Waals surface area contributed by atoms with E-state index >= 15 is 0 Å². The number of carbonyl (C=O) groups excluding carboxylic acids is 2. The van der Waals surface area contributed by atoms with Crippen molar-refractivity contribution < 1.29 is 27.3 Å². The van der Waals surface area contributed by atoms with E-state index in [-0.39, 0.29) is 18.2 Å². The normalized spacial score (nSPS) is 14.8. The van der Waals surface area contributed by atoms with Crippen LogP contribution < -0.4 is 5.32 Å². The van der Waals surface area contributed by atoms with E-state index in [9.17, 15) is 22.8 Å². The number of alkyl halides is 3. The molecule has 4 rings (SSSR count). The summed E-state index contributed by atoms with van der Waals surface area (Å²) in [6, 6.07) is 11.7. The quantitative estimate of drug-likeness (QED) is 0.429. The highest BCUT2D eigenvalue weighted by Crippen LogP contribution is 2.30. The lowest BCUT2D eigenvalue weighted by atomic mass is 9.89. The molecule has 1 fully saturated rings. The van der Waals surface area contributed by atoms with Crippen molar-refractivity contribution >= 4 is 23.6 Å². The number of likely N-dealkylation sites (tertiary alicyclic amines) is 1. The molecule has 0 bridgehead atoms. The largest absolute Gasteiger partial charge is 0.417 e. The summed E-state index contributed by atoms with van der Waals surface area (Å²) in [6.45, 7) is 3.02. The van der Waals surface area contributed by atoms with Crippen molar-refractivity contribution in [1.29, 1.82) is 0 Å². The molecule has 1 aliphatic heterocycles. The van der Waals surface area contributed by atoms with Crippen LogP contribution in [0.15, 0.2) is 59.3 Å². The van der Waals surface area contributed by atoms with Crippen LogP contribution in [-0.4, -0.2) is 39.9 Å². The second-order valence-electron chi connectivity index (χ2n) is 9.00. The third-order valence-electron chi connectivity index (χ3n) is 6.30. The SMILES string of the molecule is Cc1cc(/C=C/C(=O)Nc2ccc(C3CCN(C(=O)CCc4ccc(C(F)(F)F)cn4)CC3)cc2)no1. The smallest absolute Gasteiger partial charge is 0.361 e. The van der Waals surface area contributed by atoms with Crippen LogP contribution in [0.1, 0.15) is 53.5 Å². The van der Waals surface area contributed by atoms with E-state index in [1.807, 2.05) is 24.3 Å². The number of benzene rings is 1. The minimum Gasteiger partial charge on any atom is -0.361 e. The van der Waals surface area contributed by atoms with E-state index in [1.54, 1.807) is 24.0 Å². The van der Waals surface area contributed by atoms with Crippen molar-refractivity contribution in [2.45, 2.75) is 44.7 Å². The minimum atomic E-state index is -4.42. The molecule has 3 aromatic rings. The van der Waals surface area contributed by atoms with Crippen LogP contribution in [0.25, 0.3) is 6.08 Å². The Morgan fingerprint density at radius 2 is 1.86 bits per heavy atom. The van der Waals surface area contributed by atoms with Crippen molar-refractivity contribution in [3.05, 3.63) is 83.0 Å². The van der Waals surface area contributed by atoms with Crippen LogP contribution in [0.2, 0.25) is 0 Å².